The number of hydrogen-bond donors (Lipinski definition) is 4. The second kappa shape index (κ2) is 12.8. The summed E-state index contributed by atoms with van der Waals surface area (Å²) in [6.07, 6.45) is -4.67. The molecule has 0 heterocycles. The van der Waals surface area contributed by atoms with E-state index in [2.05, 4.69) is 4.31 Å². The van der Waals surface area contributed by atoms with Gasteiger partial charge in [0.15, 0.2) is 5.84 Å². The lowest BCUT2D eigenvalue weighted by atomic mass is 9.98. The monoisotopic (exact) mass is 539 g/mol. The number of rotatable bonds is 9. The Morgan fingerprint density at radius 2 is 1.73 bits per heavy atom. The summed E-state index contributed by atoms with van der Waals surface area (Å²) in [5, 5.41) is 29.5. The van der Waals surface area contributed by atoms with E-state index >= 15 is 0 Å². The first kappa shape index (κ1) is 30.0. The lowest BCUT2D eigenvalue weighted by molar-refractivity contribution is -0.134. The Bertz CT molecular complexity index is 1120. The van der Waals surface area contributed by atoms with E-state index in [1.807, 2.05) is 27.7 Å². The minimum atomic E-state index is -4.67. The van der Waals surface area contributed by atoms with Crippen LogP contribution >= 0.6 is 11.9 Å². The van der Waals surface area contributed by atoms with E-state index in [4.69, 9.17) is 15.6 Å². The maximum Gasteiger partial charge on any atom is 0.405 e. The highest BCUT2D eigenvalue weighted by molar-refractivity contribution is 7.97. The second-order valence-corrected chi connectivity index (χ2v) is 9.47. The quantitative estimate of drug-likeness (QED) is 0.194. The fourth-order valence-corrected chi connectivity index (χ4v) is 4.23. The number of anilines is 1. The number of nitrogens with zero attached hydrogens (tertiary/aromatic N) is 2. The molecule has 0 aliphatic carbocycles. The van der Waals surface area contributed by atoms with Crippen LogP contribution in [0.4, 0.5) is 18.9 Å². The Kier molecular flexibility index (Phi) is 10.4. The van der Waals surface area contributed by atoms with E-state index in [1.54, 1.807) is 29.6 Å². The van der Waals surface area contributed by atoms with Crippen molar-refractivity contribution in [2.75, 3.05) is 31.6 Å². The number of phenols is 1. The highest BCUT2D eigenvalue weighted by Crippen LogP contribution is 2.35. The summed E-state index contributed by atoms with van der Waals surface area (Å²) in [5.41, 5.74) is 0.848. The summed E-state index contributed by atoms with van der Waals surface area (Å²) in [6, 6.07) is 9.43. The van der Waals surface area contributed by atoms with Crippen molar-refractivity contribution in [3.63, 3.8) is 0 Å². The molecule has 1 amide bonds. The van der Waals surface area contributed by atoms with Crippen molar-refractivity contribution in [2.24, 2.45) is 0 Å². The summed E-state index contributed by atoms with van der Waals surface area (Å²) < 4.78 is 45.5. The van der Waals surface area contributed by atoms with Crippen molar-refractivity contribution >= 4 is 35.2 Å². The fraction of sp³-hybridized carbons (Fsp3) is 0.400. The van der Waals surface area contributed by atoms with Crippen LogP contribution in [0.3, 0.4) is 0 Å². The first-order chi connectivity index (χ1) is 17.3. The SMILES string of the molecule is CCN(CC)Sc1ccc(N(C(=N)C(=O)NCC(F)(F)F)C(=N)c2cc(C(C)C)c(OC)cc2O)cc1. The molecule has 12 heteroatoms. The molecule has 0 aliphatic rings. The van der Waals surface area contributed by atoms with Gasteiger partial charge < -0.3 is 15.2 Å². The average molecular weight is 540 g/mol. The van der Waals surface area contributed by atoms with Crippen LogP contribution in [0.15, 0.2) is 41.3 Å². The number of aromatic hydroxyl groups is 1. The Balaban J connectivity index is 2.53. The third kappa shape index (κ3) is 7.86. The molecule has 0 saturated heterocycles. The van der Waals surface area contributed by atoms with Crippen molar-refractivity contribution in [1.82, 2.24) is 9.62 Å². The molecule has 4 N–H and O–H groups in total. The smallest absolute Gasteiger partial charge is 0.405 e. The number of phenolic OH excluding ortho intramolecular Hbond substituents is 1. The van der Waals surface area contributed by atoms with Gasteiger partial charge in [-0.05, 0) is 53.8 Å². The van der Waals surface area contributed by atoms with E-state index in [-0.39, 0.29) is 22.9 Å². The number of nitrogens with one attached hydrogen (secondary N) is 3. The van der Waals surface area contributed by atoms with Crippen LogP contribution in [0.25, 0.3) is 0 Å². The third-order valence-corrected chi connectivity index (χ3v) is 6.63. The summed E-state index contributed by atoms with van der Waals surface area (Å²) in [6.45, 7) is 7.79. The Hall–Kier alpha value is -3.25. The van der Waals surface area contributed by atoms with E-state index in [9.17, 15) is 23.1 Å². The number of amides is 1. The lowest BCUT2D eigenvalue weighted by Gasteiger charge is -2.27. The number of benzene rings is 2. The summed E-state index contributed by atoms with van der Waals surface area (Å²) in [4.78, 5) is 14.3. The van der Waals surface area contributed by atoms with Gasteiger partial charge in [-0.1, -0.05) is 27.7 Å². The maximum atomic E-state index is 12.7. The number of ether oxygens (including phenoxy) is 1. The molecule has 0 atom stereocenters. The molecule has 37 heavy (non-hydrogen) atoms. The normalized spacial score (nSPS) is 11.5. The molecule has 0 bridgehead atoms. The molecule has 202 valence electrons. The molecule has 0 spiro atoms. The molecular formula is C25H32F3N5O3S. The zero-order chi connectivity index (χ0) is 27.9. The van der Waals surface area contributed by atoms with Gasteiger partial charge in [0, 0.05) is 29.7 Å². The first-order valence-electron chi connectivity index (χ1n) is 11.6. The van der Waals surface area contributed by atoms with Crippen LogP contribution in [0.5, 0.6) is 11.5 Å². The largest absolute Gasteiger partial charge is 0.507 e. The summed E-state index contributed by atoms with van der Waals surface area (Å²) >= 11 is 1.50. The van der Waals surface area contributed by atoms with Crippen molar-refractivity contribution in [3.05, 3.63) is 47.5 Å². The van der Waals surface area contributed by atoms with Crippen LogP contribution < -0.4 is 15.0 Å². The molecule has 0 aromatic heterocycles. The van der Waals surface area contributed by atoms with Gasteiger partial charge in [0.25, 0.3) is 5.91 Å². The molecule has 0 saturated carbocycles. The third-order valence-electron chi connectivity index (χ3n) is 5.37. The van der Waals surface area contributed by atoms with E-state index in [1.165, 1.54) is 31.2 Å². The van der Waals surface area contributed by atoms with E-state index < -0.39 is 30.3 Å². The zero-order valence-corrected chi connectivity index (χ0v) is 22.2. The Morgan fingerprint density at radius 1 is 1.14 bits per heavy atom. The number of alkyl halides is 3. The number of carbonyl (C=O) groups is 1. The predicted molar refractivity (Wildman–Crippen MR) is 140 cm³/mol. The fourth-order valence-electron chi connectivity index (χ4n) is 3.42. The minimum Gasteiger partial charge on any atom is -0.507 e. The molecule has 0 unspecified atom stereocenters. The van der Waals surface area contributed by atoms with Crippen molar-refractivity contribution in [1.29, 1.82) is 10.8 Å². The van der Waals surface area contributed by atoms with Crippen LogP contribution in [0.2, 0.25) is 0 Å². The molecule has 0 radical (unpaired) electrons. The minimum absolute atomic E-state index is 0.0144. The van der Waals surface area contributed by atoms with Crippen LogP contribution in [0.1, 0.15) is 44.7 Å². The topological polar surface area (TPSA) is 113 Å². The predicted octanol–water partition coefficient (Wildman–Crippen LogP) is 5.36. The second-order valence-electron chi connectivity index (χ2n) is 8.30. The number of carbonyl (C=O) groups excluding carboxylic acids is 1. The molecule has 2 aromatic rings. The highest BCUT2D eigenvalue weighted by Gasteiger charge is 2.31. The van der Waals surface area contributed by atoms with Crippen molar-refractivity contribution in [3.8, 4) is 11.5 Å². The van der Waals surface area contributed by atoms with Gasteiger partial charge in [0.1, 0.15) is 23.9 Å². The standard InChI is InChI=1S/C25H32F3N5O3S/c1-6-32(7-2)37-17-10-8-16(9-11-17)33(23(30)24(35)31-14-25(26,27)28)22(29)19-12-18(15(3)4)21(36-5)13-20(19)34/h8-13,15,29-30,34H,6-7,14H2,1-5H3,(H,31,35). The van der Waals surface area contributed by atoms with Crippen LogP contribution in [-0.2, 0) is 4.79 Å². The van der Waals surface area contributed by atoms with E-state index in [0.29, 0.717) is 11.3 Å². The molecular weight excluding hydrogens is 507 g/mol. The average Bonchev–Trinajstić information content (AvgIpc) is 2.85. The molecule has 0 aliphatic heterocycles. The molecule has 2 aromatic carbocycles. The Labute approximate surface area is 218 Å². The van der Waals surface area contributed by atoms with Gasteiger partial charge in [-0.25, -0.2) is 4.31 Å². The van der Waals surface area contributed by atoms with E-state index in [0.717, 1.165) is 22.9 Å². The number of methoxy groups -OCH3 is 1. The Morgan fingerprint density at radius 3 is 2.22 bits per heavy atom. The molecule has 0 fully saturated rings. The molecule has 2 rings (SSSR count). The summed E-state index contributed by atoms with van der Waals surface area (Å²) in [7, 11) is 1.44. The highest BCUT2D eigenvalue weighted by atomic mass is 32.2. The van der Waals surface area contributed by atoms with Gasteiger partial charge in [-0.15, -0.1) is 0 Å². The summed E-state index contributed by atoms with van der Waals surface area (Å²) in [5.74, 6) is -2.68. The van der Waals surface area contributed by atoms with Crippen molar-refractivity contribution in [2.45, 2.75) is 44.7 Å². The van der Waals surface area contributed by atoms with Gasteiger partial charge in [0.2, 0.25) is 0 Å². The van der Waals surface area contributed by atoms with Crippen LogP contribution in [-0.4, -0.2) is 59.9 Å². The van der Waals surface area contributed by atoms with Gasteiger partial charge in [-0.2, -0.15) is 13.2 Å². The first-order valence-corrected chi connectivity index (χ1v) is 12.4. The number of amidine groups is 2. The van der Waals surface area contributed by atoms with Crippen LogP contribution in [0, 0.1) is 10.8 Å². The number of hydrogen-bond acceptors (Lipinski definition) is 7. The zero-order valence-electron chi connectivity index (χ0n) is 21.4. The van der Waals surface area contributed by atoms with Gasteiger partial charge in [0.05, 0.1) is 12.7 Å². The number of halogens is 3. The molecule has 8 nitrogen and oxygen atoms in total. The van der Waals surface area contributed by atoms with Gasteiger partial charge >= 0.3 is 6.18 Å². The maximum absolute atomic E-state index is 12.7. The van der Waals surface area contributed by atoms with Crippen molar-refractivity contribution < 1.29 is 27.8 Å². The lowest BCUT2D eigenvalue weighted by Crippen LogP contribution is -2.48. The van der Waals surface area contributed by atoms with Gasteiger partial charge in [-0.3, -0.25) is 20.5 Å².